The smallest absolute Gasteiger partial charge is 0.337 e. The highest BCUT2D eigenvalue weighted by atomic mass is 19.1. The van der Waals surface area contributed by atoms with Gasteiger partial charge in [0.05, 0.1) is 17.7 Å². The summed E-state index contributed by atoms with van der Waals surface area (Å²) in [5, 5.41) is 11.6. The van der Waals surface area contributed by atoms with E-state index in [2.05, 4.69) is 4.98 Å². The van der Waals surface area contributed by atoms with Crippen LogP contribution in [0.5, 0.6) is 5.75 Å². The number of rotatable bonds is 5. The van der Waals surface area contributed by atoms with Gasteiger partial charge in [-0.25, -0.2) is 13.6 Å². The first-order valence-corrected chi connectivity index (χ1v) is 12.4. The van der Waals surface area contributed by atoms with Crippen LogP contribution in [0.25, 0.3) is 32.8 Å². The highest BCUT2D eigenvalue weighted by Gasteiger charge is 2.33. The number of benzene rings is 3. The maximum Gasteiger partial charge on any atom is 0.337 e. The number of aliphatic carboxylic acids is 1. The third-order valence-corrected chi connectivity index (χ3v) is 6.83. The molecule has 0 fully saturated rings. The second-order valence-corrected chi connectivity index (χ2v) is 10.4. The average Bonchev–Trinajstić information content (AvgIpc) is 2.83. The van der Waals surface area contributed by atoms with Crippen LogP contribution in [0.1, 0.15) is 56.1 Å². The van der Waals surface area contributed by atoms with Crippen LogP contribution in [0.2, 0.25) is 0 Å². The van der Waals surface area contributed by atoms with Gasteiger partial charge in [0.25, 0.3) is 0 Å². The van der Waals surface area contributed by atoms with Gasteiger partial charge in [0.2, 0.25) is 0 Å². The van der Waals surface area contributed by atoms with Gasteiger partial charge in [-0.3, -0.25) is 4.98 Å². The molecule has 1 atom stereocenters. The molecule has 37 heavy (non-hydrogen) atoms. The molecule has 0 saturated heterocycles. The Morgan fingerprint density at radius 1 is 1.19 bits per heavy atom. The number of fused-ring (bicyclic) bond motifs is 1. The molecule has 1 aliphatic rings. The van der Waals surface area contributed by atoms with E-state index in [1.54, 1.807) is 52.9 Å². The first-order chi connectivity index (χ1) is 17.5. The Kier molecular flexibility index (Phi) is 6.15. The highest BCUT2D eigenvalue weighted by molar-refractivity contribution is 6.09. The topological polar surface area (TPSA) is 68.7 Å². The summed E-state index contributed by atoms with van der Waals surface area (Å²) in [6, 6.07) is 8.43. The van der Waals surface area contributed by atoms with Crippen molar-refractivity contribution in [3.05, 3.63) is 70.4 Å². The fourth-order valence-corrected chi connectivity index (χ4v) is 5.30. The Hall–Kier alpha value is -3.58. The molecular weight excluding hydrogens is 476 g/mol. The molecule has 5 rings (SSSR count). The number of pyridine rings is 1. The second-order valence-electron chi connectivity index (χ2n) is 10.4. The molecule has 1 aromatic heterocycles. The number of carboxylic acids is 1. The fraction of sp³-hybridized carbons (Fsp3) is 0.333. The van der Waals surface area contributed by atoms with Crippen molar-refractivity contribution in [2.45, 2.75) is 59.2 Å². The summed E-state index contributed by atoms with van der Waals surface area (Å²) < 4.78 is 42.8. The van der Waals surface area contributed by atoms with Gasteiger partial charge in [-0.05, 0) is 86.5 Å². The molecule has 4 aromatic rings. The standard InChI is InChI=1S/C30H29F2NO4/c1-6-17-21(31)14-19-20(26(17)32)13-15(2)23(28(29(34)35)37-30(3,4)5)25(19)18-7-8-22-24-16(10-12-36-22)9-11-33-27(18)24/h7-9,11,13-14,28H,6,10,12H2,1-5H3,(H,34,35)/t28-/m0/s1. The molecule has 192 valence electrons. The number of nitrogens with zero attached hydrogens (tertiary/aromatic N) is 1. The summed E-state index contributed by atoms with van der Waals surface area (Å²) in [5.74, 6) is -1.83. The molecule has 3 aromatic carbocycles. The van der Waals surface area contributed by atoms with Crippen molar-refractivity contribution in [1.29, 1.82) is 0 Å². The van der Waals surface area contributed by atoms with Gasteiger partial charge in [0.15, 0.2) is 6.10 Å². The van der Waals surface area contributed by atoms with Crippen molar-refractivity contribution in [2.75, 3.05) is 6.61 Å². The van der Waals surface area contributed by atoms with Crippen molar-refractivity contribution >= 4 is 27.6 Å². The Labute approximate surface area is 214 Å². The van der Waals surface area contributed by atoms with Crippen LogP contribution in [0.3, 0.4) is 0 Å². The second kappa shape index (κ2) is 9.06. The summed E-state index contributed by atoms with van der Waals surface area (Å²) in [5.41, 5.74) is 2.68. The van der Waals surface area contributed by atoms with E-state index in [1.165, 1.54) is 6.07 Å². The lowest BCUT2D eigenvalue weighted by Gasteiger charge is -2.29. The number of hydrogen-bond donors (Lipinski definition) is 1. The molecule has 0 radical (unpaired) electrons. The Morgan fingerprint density at radius 2 is 1.95 bits per heavy atom. The van der Waals surface area contributed by atoms with Gasteiger partial charge < -0.3 is 14.6 Å². The number of halogens is 2. The van der Waals surface area contributed by atoms with Crippen LogP contribution in [-0.2, 0) is 22.4 Å². The van der Waals surface area contributed by atoms with E-state index in [4.69, 9.17) is 9.47 Å². The van der Waals surface area contributed by atoms with E-state index in [0.29, 0.717) is 46.5 Å². The van der Waals surface area contributed by atoms with Crippen LogP contribution in [-0.4, -0.2) is 28.3 Å². The largest absolute Gasteiger partial charge is 0.493 e. The molecule has 0 unspecified atom stereocenters. The van der Waals surface area contributed by atoms with Gasteiger partial charge in [-0.1, -0.05) is 6.92 Å². The minimum Gasteiger partial charge on any atom is -0.493 e. The zero-order valence-corrected chi connectivity index (χ0v) is 21.5. The molecule has 0 saturated carbocycles. The van der Waals surface area contributed by atoms with Crippen LogP contribution >= 0.6 is 0 Å². The van der Waals surface area contributed by atoms with Gasteiger partial charge in [0.1, 0.15) is 17.4 Å². The summed E-state index contributed by atoms with van der Waals surface area (Å²) in [7, 11) is 0. The van der Waals surface area contributed by atoms with Crippen molar-refractivity contribution in [1.82, 2.24) is 4.98 Å². The third kappa shape index (κ3) is 4.21. The Balaban J connectivity index is 1.97. The molecular formula is C30H29F2NO4. The number of aromatic nitrogens is 1. The average molecular weight is 506 g/mol. The Bertz CT molecular complexity index is 1560. The van der Waals surface area contributed by atoms with Crippen molar-refractivity contribution in [3.8, 4) is 16.9 Å². The molecule has 0 bridgehead atoms. The van der Waals surface area contributed by atoms with E-state index in [-0.39, 0.29) is 22.8 Å². The normalized spacial score (nSPS) is 14.1. The minimum absolute atomic E-state index is 0.00486. The highest BCUT2D eigenvalue weighted by Crippen LogP contribution is 2.46. The molecule has 2 heterocycles. The predicted molar refractivity (Wildman–Crippen MR) is 139 cm³/mol. The van der Waals surface area contributed by atoms with Crippen molar-refractivity contribution in [2.24, 2.45) is 0 Å². The molecule has 1 aliphatic heterocycles. The van der Waals surface area contributed by atoms with Crippen molar-refractivity contribution < 1.29 is 28.2 Å². The van der Waals surface area contributed by atoms with Crippen LogP contribution in [0, 0.1) is 18.6 Å². The number of hydrogen-bond acceptors (Lipinski definition) is 4. The predicted octanol–water partition coefficient (Wildman–Crippen LogP) is 7.08. The SMILES string of the molecule is CCc1c(F)cc2c(-c3ccc4c5c(ccnc35)CCO4)c([C@H](OC(C)(C)C)C(=O)O)c(C)cc2c1F. The molecule has 0 aliphatic carbocycles. The maximum absolute atomic E-state index is 15.7. The van der Waals surface area contributed by atoms with E-state index in [1.807, 2.05) is 12.1 Å². The minimum atomic E-state index is -1.38. The van der Waals surface area contributed by atoms with E-state index < -0.39 is 29.3 Å². The fourth-order valence-electron chi connectivity index (χ4n) is 5.30. The molecule has 7 heteroatoms. The molecule has 0 amide bonds. The number of carboxylic acid groups (broad SMARTS) is 1. The summed E-state index contributed by atoms with van der Waals surface area (Å²) in [6.45, 7) is 9.29. The zero-order chi connectivity index (χ0) is 26.6. The summed E-state index contributed by atoms with van der Waals surface area (Å²) in [6.07, 6.45) is 1.21. The van der Waals surface area contributed by atoms with E-state index in [0.717, 1.165) is 10.9 Å². The van der Waals surface area contributed by atoms with Crippen LogP contribution < -0.4 is 4.74 Å². The quantitative estimate of drug-likeness (QED) is 0.314. The lowest BCUT2D eigenvalue weighted by atomic mass is 9.84. The van der Waals surface area contributed by atoms with E-state index in [9.17, 15) is 9.90 Å². The van der Waals surface area contributed by atoms with Crippen LogP contribution in [0.15, 0.2) is 36.5 Å². The van der Waals surface area contributed by atoms with Gasteiger partial charge in [-0.15, -0.1) is 0 Å². The monoisotopic (exact) mass is 505 g/mol. The maximum atomic E-state index is 15.7. The Morgan fingerprint density at radius 3 is 2.62 bits per heavy atom. The van der Waals surface area contributed by atoms with Gasteiger partial charge >= 0.3 is 5.97 Å². The molecule has 5 nitrogen and oxygen atoms in total. The van der Waals surface area contributed by atoms with Crippen LogP contribution in [0.4, 0.5) is 8.78 Å². The zero-order valence-electron chi connectivity index (χ0n) is 21.5. The number of aryl methyl sites for hydroxylation is 1. The third-order valence-electron chi connectivity index (χ3n) is 6.83. The first kappa shape index (κ1) is 25.1. The number of carbonyl (C=O) groups is 1. The van der Waals surface area contributed by atoms with Gasteiger partial charge in [0, 0.05) is 40.1 Å². The van der Waals surface area contributed by atoms with Gasteiger partial charge in [-0.2, -0.15) is 0 Å². The number of ether oxygens (including phenoxy) is 2. The molecule has 0 spiro atoms. The lowest BCUT2D eigenvalue weighted by Crippen LogP contribution is -2.28. The summed E-state index contributed by atoms with van der Waals surface area (Å²) in [4.78, 5) is 17.2. The summed E-state index contributed by atoms with van der Waals surface area (Å²) >= 11 is 0. The molecule has 1 N–H and O–H groups in total. The van der Waals surface area contributed by atoms with E-state index >= 15 is 8.78 Å². The first-order valence-electron chi connectivity index (χ1n) is 12.4. The lowest BCUT2D eigenvalue weighted by molar-refractivity contribution is -0.160. The van der Waals surface area contributed by atoms with Crippen molar-refractivity contribution in [3.63, 3.8) is 0 Å².